The second-order valence-corrected chi connectivity index (χ2v) is 13.5. The van der Waals surface area contributed by atoms with Crippen LogP contribution in [0, 0.1) is 31.4 Å². The monoisotopic (exact) mass is 812 g/mol. The number of ether oxygens (including phenoxy) is 1. The minimum absolute atomic E-state index is 0. The van der Waals surface area contributed by atoms with Gasteiger partial charge in [0.15, 0.2) is 0 Å². The number of aryl methyl sites for hydroxylation is 2. The molecule has 7 aromatic rings. The van der Waals surface area contributed by atoms with Gasteiger partial charge in [-0.25, -0.2) is 4.98 Å². The maximum atomic E-state index is 8.29. The number of benzene rings is 4. The van der Waals surface area contributed by atoms with Crippen molar-refractivity contribution in [1.82, 2.24) is 19.3 Å². The Morgan fingerprint density at radius 3 is 2.44 bits per heavy atom. The van der Waals surface area contributed by atoms with Crippen LogP contribution < -0.4 is 4.74 Å². The van der Waals surface area contributed by atoms with Crippen molar-refractivity contribution in [2.75, 3.05) is 0 Å². The van der Waals surface area contributed by atoms with Gasteiger partial charge in [-0.3, -0.25) is 4.68 Å². The summed E-state index contributed by atoms with van der Waals surface area (Å²) in [6.07, 6.45) is 6.32. The van der Waals surface area contributed by atoms with Gasteiger partial charge in [0.2, 0.25) is 0 Å². The Kier molecular flexibility index (Phi) is 9.32. The number of hydrogen-bond donors (Lipinski definition) is 0. The third-order valence-electron chi connectivity index (χ3n) is 8.73. The molecular formula is C42H40N4OPt. The van der Waals surface area contributed by atoms with Crippen molar-refractivity contribution in [3.05, 3.63) is 132 Å². The first-order chi connectivity index (χ1) is 23.1. The topological polar surface area (TPSA) is 44.9 Å². The summed E-state index contributed by atoms with van der Waals surface area (Å²) >= 11 is 0. The first-order valence-electron chi connectivity index (χ1n) is 16.9. The fourth-order valence-electron chi connectivity index (χ4n) is 6.49. The van der Waals surface area contributed by atoms with Crippen molar-refractivity contribution in [1.29, 1.82) is 0 Å². The van der Waals surface area contributed by atoms with E-state index in [1.807, 2.05) is 54.1 Å². The van der Waals surface area contributed by atoms with Crippen LogP contribution in [0.1, 0.15) is 58.4 Å². The molecule has 0 aliphatic rings. The predicted molar refractivity (Wildman–Crippen MR) is 192 cm³/mol. The van der Waals surface area contributed by atoms with Crippen LogP contribution in [0.15, 0.2) is 103 Å². The molecule has 0 fully saturated rings. The molecule has 244 valence electrons. The van der Waals surface area contributed by atoms with Crippen LogP contribution in [0.25, 0.3) is 44.4 Å². The van der Waals surface area contributed by atoms with E-state index in [0.717, 1.165) is 62.8 Å². The Balaban J connectivity index is 0.00000417. The van der Waals surface area contributed by atoms with E-state index >= 15 is 0 Å². The Bertz CT molecular complexity index is 2250. The van der Waals surface area contributed by atoms with Gasteiger partial charge in [-0.15, -0.1) is 35.7 Å². The molecule has 0 bridgehead atoms. The van der Waals surface area contributed by atoms with Crippen molar-refractivity contribution in [3.8, 4) is 34.1 Å². The predicted octanol–water partition coefficient (Wildman–Crippen LogP) is 10.8. The molecule has 0 unspecified atom stereocenters. The summed E-state index contributed by atoms with van der Waals surface area (Å²) in [5.74, 6) is 1.83. The summed E-state index contributed by atoms with van der Waals surface area (Å²) in [6, 6.07) is 37.8. The van der Waals surface area contributed by atoms with E-state index in [1.165, 1.54) is 18.4 Å². The average molecular weight is 813 g/mol. The molecule has 0 aliphatic heterocycles. The zero-order valence-electron chi connectivity index (χ0n) is 29.1. The zero-order chi connectivity index (χ0) is 33.4. The molecule has 6 heteroatoms. The van der Waals surface area contributed by atoms with Crippen molar-refractivity contribution in [3.63, 3.8) is 0 Å². The molecule has 0 saturated heterocycles. The van der Waals surface area contributed by atoms with E-state index in [-0.39, 0.29) is 21.1 Å². The molecule has 0 N–H and O–H groups in total. The molecule has 5 nitrogen and oxygen atoms in total. The van der Waals surface area contributed by atoms with Gasteiger partial charge >= 0.3 is 21.1 Å². The average Bonchev–Trinajstić information content (AvgIpc) is 3.55. The van der Waals surface area contributed by atoms with Crippen LogP contribution in [0.2, 0.25) is 0 Å². The van der Waals surface area contributed by atoms with Crippen LogP contribution >= 0.6 is 0 Å². The largest absolute Gasteiger partial charge is 2.00 e. The number of rotatable bonds is 9. The fourth-order valence-corrected chi connectivity index (χ4v) is 6.49. The number of fused-ring (bicyclic) bond motifs is 3. The van der Waals surface area contributed by atoms with Gasteiger partial charge in [0.1, 0.15) is 5.82 Å². The standard InChI is InChI=1S/C42H40N4O.Pt/c1-29-41(32-15-7-6-8-16-32)30(2)46(44-29)33-17-13-18-34(27-33)47-35-21-22-36-37-26-31(14-9-11-24-42(3,4)5)20-23-38(37)45(39(36)28-35)40-19-10-12-25-43-40;/h6-8,10,12-13,15-23,25-26H,9,11,14,24H2,1-5H3;/q-2;+2/i10D;. The molecular weight excluding hydrogens is 772 g/mol. The molecule has 0 atom stereocenters. The zero-order valence-corrected chi connectivity index (χ0v) is 30.4. The van der Waals surface area contributed by atoms with Gasteiger partial charge in [-0.1, -0.05) is 81.2 Å². The summed E-state index contributed by atoms with van der Waals surface area (Å²) in [6.45, 7) is 11.0. The van der Waals surface area contributed by atoms with E-state index in [9.17, 15) is 0 Å². The van der Waals surface area contributed by atoms with Gasteiger partial charge in [-0.2, -0.15) is 17.2 Å². The fraction of sp³-hybridized carbons (Fsp3) is 0.238. The molecule has 48 heavy (non-hydrogen) atoms. The van der Waals surface area contributed by atoms with Crippen molar-refractivity contribution in [2.24, 2.45) is 5.41 Å². The van der Waals surface area contributed by atoms with Crippen molar-refractivity contribution >= 4 is 21.8 Å². The third kappa shape index (κ3) is 6.89. The van der Waals surface area contributed by atoms with Crippen LogP contribution in [-0.4, -0.2) is 19.3 Å². The van der Waals surface area contributed by atoms with Crippen LogP contribution in [0.4, 0.5) is 0 Å². The molecule has 7 rings (SSSR count). The number of unbranched alkanes of at least 4 members (excludes halogenated alkanes) is 1. The summed E-state index contributed by atoms with van der Waals surface area (Å²) in [5.41, 5.74) is 8.64. The van der Waals surface area contributed by atoms with Gasteiger partial charge in [0.25, 0.3) is 0 Å². The normalized spacial score (nSPS) is 11.9. The second-order valence-electron chi connectivity index (χ2n) is 13.5. The van der Waals surface area contributed by atoms with E-state index in [1.54, 1.807) is 18.3 Å². The molecule has 0 radical (unpaired) electrons. The number of nitrogens with zero attached hydrogens (tertiary/aromatic N) is 4. The minimum Gasteiger partial charge on any atom is -0.509 e. The summed E-state index contributed by atoms with van der Waals surface area (Å²) in [5, 5.41) is 7.07. The maximum absolute atomic E-state index is 8.29. The Hall–Kier alpha value is -4.47. The van der Waals surface area contributed by atoms with Crippen molar-refractivity contribution < 1.29 is 27.2 Å². The number of aromatic nitrogens is 4. The molecule has 3 aromatic heterocycles. The third-order valence-corrected chi connectivity index (χ3v) is 8.73. The van der Waals surface area contributed by atoms with Crippen LogP contribution in [0.5, 0.6) is 11.5 Å². The van der Waals surface area contributed by atoms with E-state index in [0.29, 0.717) is 28.8 Å². The van der Waals surface area contributed by atoms with Crippen LogP contribution in [0.3, 0.4) is 0 Å². The van der Waals surface area contributed by atoms with Crippen LogP contribution in [-0.2, 0) is 27.5 Å². The van der Waals surface area contributed by atoms with Gasteiger partial charge in [-0.05, 0) is 78.9 Å². The molecule has 0 aliphatic carbocycles. The van der Waals surface area contributed by atoms with Gasteiger partial charge in [0.05, 0.1) is 7.06 Å². The molecule has 0 amide bonds. The van der Waals surface area contributed by atoms with Gasteiger partial charge < -0.3 is 9.30 Å². The minimum atomic E-state index is 0. The number of hydrogen-bond acceptors (Lipinski definition) is 3. The molecule has 0 saturated carbocycles. The summed E-state index contributed by atoms with van der Waals surface area (Å²) in [4.78, 5) is 4.65. The van der Waals surface area contributed by atoms with Gasteiger partial charge in [0, 0.05) is 34.5 Å². The number of pyridine rings is 1. The van der Waals surface area contributed by atoms with E-state index in [2.05, 4.69) is 85.8 Å². The SMILES string of the molecule is [2H]c1ccnc(-n2c3[c-]c(Oc4[c-]c(-n5nc(C)c(-c6ccccc6)c5C)ccc4)ccc3c3cc(CCCCC(C)(C)C)ccc32)c1.[Pt+2]. The summed E-state index contributed by atoms with van der Waals surface area (Å²) < 4.78 is 18.7. The quantitative estimate of drug-likeness (QED) is 0.108. The molecule has 4 aromatic carbocycles. The van der Waals surface area contributed by atoms with Crippen molar-refractivity contribution in [2.45, 2.75) is 60.3 Å². The maximum Gasteiger partial charge on any atom is 2.00 e. The molecule has 0 spiro atoms. The van der Waals surface area contributed by atoms with E-state index in [4.69, 9.17) is 11.2 Å². The first kappa shape index (κ1) is 32.1. The van der Waals surface area contributed by atoms with E-state index < -0.39 is 0 Å². The second kappa shape index (κ2) is 13.9. The molecule has 3 heterocycles. The Morgan fingerprint density at radius 1 is 0.833 bits per heavy atom. The summed E-state index contributed by atoms with van der Waals surface area (Å²) in [7, 11) is 0. The Labute approximate surface area is 299 Å². The first-order valence-corrected chi connectivity index (χ1v) is 16.4. The smallest absolute Gasteiger partial charge is 0.509 e. The Morgan fingerprint density at radius 2 is 1.65 bits per heavy atom.